The number of carbonyl (C=O) groups excluding carboxylic acids is 1. The third-order valence-electron chi connectivity index (χ3n) is 2.38. The van der Waals surface area contributed by atoms with Gasteiger partial charge in [0.2, 0.25) is 0 Å². The van der Waals surface area contributed by atoms with Crippen molar-refractivity contribution in [2.75, 3.05) is 26.4 Å². The minimum absolute atomic E-state index is 0.0191. The Bertz CT molecular complexity index is 206. The predicted octanol–water partition coefficient (Wildman–Crippen LogP) is 0.377. The largest absolute Gasteiger partial charge is 0.461 e. The van der Waals surface area contributed by atoms with Crippen LogP contribution in [0.5, 0.6) is 0 Å². The number of piperidine rings is 1. The van der Waals surface area contributed by atoms with Crippen molar-refractivity contribution in [2.45, 2.75) is 12.8 Å². The fraction of sp³-hybridized carbons (Fsp3) is 0.700. The maximum absolute atomic E-state index is 11.4. The van der Waals surface area contributed by atoms with Gasteiger partial charge in [0.1, 0.15) is 6.61 Å². The lowest BCUT2D eigenvalue weighted by Gasteiger charge is -2.29. The highest BCUT2D eigenvalue weighted by atomic mass is 16.5. The van der Waals surface area contributed by atoms with Crippen LogP contribution in [-0.4, -0.2) is 42.4 Å². The minimum Gasteiger partial charge on any atom is -0.461 e. The first-order valence-corrected chi connectivity index (χ1v) is 4.88. The van der Waals surface area contributed by atoms with Gasteiger partial charge in [-0.1, -0.05) is 12.7 Å². The van der Waals surface area contributed by atoms with Crippen LogP contribution in [0.4, 0.5) is 0 Å². The maximum Gasteiger partial charge on any atom is 0.310 e. The average Bonchev–Trinajstić information content (AvgIpc) is 2.26. The Labute approximate surface area is 84.2 Å². The first-order valence-electron chi connectivity index (χ1n) is 4.88. The number of hydrogen-bond donors (Lipinski definition) is 1. The molecule has 0 radical (unpaired) electrons. The van der Waals surface area contributed by atoms with Crippen LogP contribution >= 0.6 is 0 Å². The van der Waals surface area contributed by atoms with E-state index in [0.29, 0.717) is 6.54 Å². The van der Waals surface area contributed by atoms with Crippen molar-refractivity contribution in [1.29, 1.82) is 0 Å². The number of aliphatic hydroxyl groups excluding tert-OH is 1. The van der Waals surface area contributed by atoms with Crippen LogP contribution in [-0.2, 0) is 9.53 Å². The molecule has 1 aliphatic heterocycles. The van der Waals surface area contributed by atoms with Gasteiger partial charge in [0.25, 0.3) is 0 Å². The van der Waals surface area contributed by atoms with Gasteiger partial charge in [0.15, 0.2) is 0 Å². The van der Waals surface area contributed by atoms with Gasteiger partial charge in [-0.3, -0.25) is 9.69 Å². The molecule has 0 saturated carbocycles. The molecular formula is C10H17NO3. The van der Waals surface area contributed by atoms with Crippen molar-refractivity contribution in [1.82, 2.24) is 4.90 Å². The quantitative estimate of drug-likeness (QED) is 0.525. The van der Waals surface area contributed by atoms with Crippen molar-refractivity contribution >= 4 is 5.97 Å². The van der Waals surface area contributed by atoms with Gasteiger partial charge in [-0.25, -0.2) is 0 Å². The third kappa shape index (κ3) is 3.12. The Hall–Kier alpha value is -0.870. The summed E-state index contributed by atoms with van der Waals surface area (Å²) in [6, 6.07) is 0. The molecule has 1 atom stereocenters. The van der Waals surface area contributed by atoms with E-state index in [0.717, 1.165) is 19.4 Å². The van der Waals surface area contributed by atoms with Crippen molar-refractivity contribution in [3.05, 3.63) is 12.7 Å². The second kappa shape index (κ2) is 5.78. The Kier molecular flexibility index (Phi) is 4.62. The number of nitrogens with zero attached hydrogens (tertiary/aromatic N) is 1. The van der Waals surface area contributed by atoms with E-state index in [1.165, 1.54) is 0 Å². The molecule has 4 heteroatoms. The Morgan fingerprint density at radius 3 is 3.14 bits per heavy atom. The zero-order chi connectivity index (χ0) is 10.4. The number of likely N-dealkylation sites (tertiary alicyclic amines) is 1. The molecule has 1 saturated heterocycles. The molecule has 0 amide bonds. The molecule has 0 spiro atoms. The van der Waals surface area contributed by atoms with Crippen LogP contribution in [0, 0.1) is 5.92 Å². The normalized spacial score (nSPS) is 23.1. The molecule has 0 aromatic carbocycles. The molecule has 1 fully saturated rings. The second-order valence-corrected chi connectivity index (χ2v) is 3.48. The lowest BCUT2D eigenvalue weighted by molar-refractivity contribution is -0.149. The van der Waals surface area contributed by atoms with Crippen LogP contribution in [0.1, 0.15) is 12.8 Å². The summed E-state index contributed by atoms with van der Waals surface area (Å²) in [5, 5.41) is 8.92. The van der Waals surface area contributed by atoms with Crippen LogP contribution in [0.2, 0.25) is 0 Å². The molecule has 0 bridgehead atoms. The number of esters is 1. The molecule has 4 nitrogen and oxygen atoms in total. The topological polar surface area (TPSA) is 49.8 Å². The van der Waals surface area contributed by atoms with Gasteiger partial charge in [-0.15, -0.1) is 0 Å². The van der Waals surface area contributed by atoms with E-state index in [1.807, 2.05) is 4.90 Å². The van der Waals surface area contributed by atoms with Gasteiger partial charge in [-0.05, 0) is 12.8 Å². The predicted molar refractivity (Wildman–Crippen MR) is 52.5 cm³/mol. The van der Waals surface area contributed by atoms with E-state index >= 15 is 0 Å². The third-order valence-corrected chi connectivity index (χ3v) is 2.38. The van der Waals surface area contributed by atoms with E-state index in [9.17, 15) is 4.79 Å². The van der Waals surface area contributed by atoms with Gasteiger partial charge in [0.05, 0.1) is 12.6 Å². The smallest absolute Gasteiger partial charge is 0.310 e. The molecule has 0 aliphatic carbocycles. The highest BCUT2D eigenvalue weighted by Gasteiger charge is 2.26. The van der Waals surface area contributed by atoms with Crippen LogP contribution in [0.25, 0.3) is 0 Å². The zero-order valence-electron chi connectivity index (χ0n) is 8.32. The second-order valence-electron chi connectivity index (χ2n) is 3.48. The Morgan fingerprint density at radius 2 is 2.50 bits per heavy atom. The van der Waals surface area contributed by atoms with Crippen LogP contribution < -0.4 is 0 Å². The van der Waals surface area contributed by atoms with E-state index in [4.69, 9.17) is 9.84 Å². The molecule has 80 valence electrons. The lowest BCUT2D eigenvalue weighted by atomic mass is 9.99. The molecule has 1 N–H and O–H groups in total. The minimum atomic E-state index is -0.178. The molecular weight excluding hydrogens is 182 g/mol. The highest BCUT2D eigenvalue weighted by Crippen LogP contribution is 2.17. The van der Waals surface area contributed by atoms with E-state index < -0.39 is 0 Å². The first-order chi connectivity index (χ1) is 6.77. The summed E-state index contributed by atoms with van der Waals surface area (Å²) in [4.78, 5) is 13.3. The van der Waals surface area contributed by atoms with Crippen LogP contribution in [0.15, 0.2) is 12.7 Å². The van der Waals surface area contributed by atoms with E-state index in [-0.39, 0.29) is 25.2 Å². The van der Waals surface area contributed by atoms with Gasteiger partial charge in [-0.2, -0.15) is 0 Å². The van der Waals surface area contributed by atoms with Crippen molar-refractivity contribution < 1.29 is 14.6 Å². The summed E-state index contributed by atoms with van der Waals surface area (Å²) in [6.45, 7) is 5.24. The summed E-state index contributed by atoms with van der Waals surface area (Å²) >= 11 is 0. The number of hydrogen-bond acceptors (Lipinski definition) is 4. The SMILES string of the molecule is C=CCOC(=O)C1CCCN(CO)C1. The van der Waals surface area contributed by atoms with Crippen molar-refractivity contribution in [3.8, 4) is 0 Å². The maximum atomic E-state index is 11.4. The lowest BCUT2D eigenvalue weighted by Crippen LogP contribution is -2.39. The number of carbonyl (C=O) groups is 1. The summed E-state index contributed by atoms with van der Waals surface area (Å²) in [5.74, 6) is -0.265. The number of aliphatic hydroxyl groups is 1. The van der Waals surface area contributed by atoms with Gasteiger partial charge >= 0.3 is 5.97 Å². The van der Waals surface area contributed by atoms with Gasteiger partial charge < -0.3 is 9.84 Å². The van der Waals surface area contributed by atoms with E-state index in [2.05, 4.69) is 6.58 Å². The summed E-state index contributed by atoms with van der Waals surface area (Å²) in [6.07, 6.45) is 3.35. The van der Waals surface area contributed by atoms with Crippen molar-refractivity contribution in [2.24, 2.45) is 5.92 Å². The van der Waals surface area contributed by atoms with Crippen LogP contribution in [0.3, 0.4) is 0 Å². The monoisotopic (exact) mass is 199 g/mol. The molecule has 1 aliphatic rings. The standard InChI is InChI=1S/C10H17NO3/c1-2-6-14-10(13)9-4-3-5-11(7-9)8-12/h2,9,12H,1,3-8H2. The summed E-state index contributed by atoms with van der Waals surface area (Å²) in [5.41, 5.74) is 0. The molecule has 1 heterocycles. The molecule has 1 unspecified atom stereocenters. The Balaban J connectivity index is 2.35. The Morgan fingerprint density at radius 1 is 1.71 bits per heavy atom. The molecule has 14 heavy (non-hydrogen) atoms. The zero-order valence-corrected chi connectivity index (χ0v) is 8.32. The fourth-order valence-corrected chi connectivity index (χ4v) is 1.64. The summed E-state index contributed by atoms with van der Waals surface area (Å²) < 4.78 is 4.96. The average molecular weight is 199 g/mol. The molecule has 0 aromatic heterocycles. The molecule has 0 aromatic rings. The van der Waals surface area contributed by atoms with Crippen molar-refractivity contribution in [3.63, 3.8) is 0 Å². The summed E-state index contributed by atoms with van der Waals surface area (Å²) in [7, 11) is 0. The first kappa shape index (κ1) is 11.2. The highest BCUT2D eigenvalue weighted by molar-refractivity contribution is 5.72. The fourth-order valence-electron chi connectivity index (χ4n) is 1.64. The number of rotatable bonds is 4. The van der Waals surface area contributed by atoms with Gasteiger partial charge in [0, 0.05) is 13.1 Å². The van der Waals surface area contributed by atoms with E-state index in [1.54, 1.807) is 6.08 Å². The molecule has 1 rings (SSSR count). The number of ether oxygens (including phenoxy) is 1.